The Morgan fingerprint density at radius 1 is 1.10 bits per heavy atom. The van der Waals surface area contributed by atoms with Gasteiger partial charge in [0.25, 0.3) is 0 Å². The summed E-state index contributed by atoms with van der Waals surface area (Å²) in [5, 5.41) is 3.25. The van der Waals surface area contributed by atoms with Crippen LogP contribution >= 0.6 is 0 Å². The second-order valence-corrected chi connectivity index (χ2v) is 5.82. The van der Waals surface area contributed by atoms with Gasteiger partial charge in [0.2, 0.25) is 11.8 Å². The van der Waals surface area contributed by atoms with Crippen LogP contribution in [-0.4, -0.2) is 84.9 Å². The van der Waals surface area contributed by atoms with E-state index in [0.29, 0.717) is 32.7 Å². The minimum Gasteiger partial charge on any atom is -0.338 e. The van der Waals surface area contributed by atoms with Gasteiger partial charge in [-0.1, -0.05) is 13.8 Å². The van der Waals surface area contributed by atoms with Gasteiger partial charge < -0.3 is 15.1 Å². The molecule has 0 aromatic rings. The molecule has 2 aliphatic rings. The fourth-order valence-electron chi connectivity index (χ4n) is 3.03. The van der Waals surface area contributed by atoms with E-state index in [-0.39, 0.29) is 17.9 Å². The van der Waals surface area contributed by atoms with E-state index < -0.39 is 0 Å². The Hall–Kier alpha value is -1.14. The number of likely N-dealkylation sites (N-methyl/N-ethyl adjacent to an activating group) is 1. The largest absolute Gasteiger partial charge is 0.338 e. The van der Waals surface area contributed by atoms with Crippen LogP contribution in [-0.2, 0) is 9.59 Å². The first-order valence-electron chi connectivity index (χ1n) is 8.18. The highest BCUT2D eigenvalue weighted by molar-refractivity contribution is 5.83. The highest BCUT2D eigenvalue weighted by Crippen LogP contribution is 2.11. The molecule has 1 unspecified atom stereocenters. The van der Waals surface area contributed by atoms with E-state index in [1.165, 1.54) is 0 Å². The van der Waals surface area contributed by atoms with E-state index in [1.807, 2.05) is 9.80 Å². The van der Waals surface area contributed by atoms with Crippen molar-refractivity contribution in [2.24, 2.45) is 0 Å². The number of hydrogen-bond acceptors (Lipinski definition) is 4. The maximum atomic E-state index is 12.3. The number of amides is 2. The lowest BCUT2D eigenvalue weighted by atomic mass is 10.2. The molecule has 1 atom stereocenters. The summed E-state index contributed by atoms with van der Waals surface area (Å²) in [5.41, 5.74) is 0. The summed E-state index contributed by atoms with van der Waals surface area (Å²) < 4.78 is 0. The van der Waals surface area contributed by atoms with Crippen LogP contribution in [0.3, 0.4) is 0 Å². The monoisotopic (exact) mass is 296 g/mol. The molecule has 2 amide bonds. The molecule has 0 radical (unpaired) electrons. The van der Waals surface area contributed by atoms with Crippen molar-refractivity contribution in [3.8, 4) is 0 Å². The topological polar surface area (TPSA) is 55.9 Å². The fraction of sp³-hybridized carbons (Fsp3) is 0.867. The minimum atomic E-state index is 0.00271. The van der Waals surface area contributed by atoms with E-state index in [1.54, 1.807) is 0 Å². The molecule has 0 bridgehead atoms. The second kappa shape index (κ2) is 7.75. The maximum Gasteiger partial charge on any atom is 0.239 e. The van der Waals surface area contributed by atoms with Crippen LogP contribution in [0, 0.1) is 0 Å². The molecule has 0 aliphatic carbocycles. The predicted molar refractivity (Wildman–Crippen MR) is 82.0 cm³/mol. The Morgan fingerprint density at radius 2 is 1.71 bits per heavy atom. The summed E-state index contributed by atoms with van der Waals surface area (Å²) in [6.07, 6.45) is 2.03. The first-order chi connectivity index (χ1) is 10.2. The van der Waals surface area contributed by atoms with Crippen molar-refractivity contribution in [3.05, 3.63) is 0 Å². The van der Waals surface area contributed by atoms with Crippen molar-refractivity contribution in [1.29, 1.82) is 0 Å². The van der Waals surface area contributed by atoms with Crippen molar-refractivity contribution in [2.75, 3.05) is 52.4 Å². The SMILES string of the molecule is CCN(CC)CC(=O)N1CCN(C(=O)C2CCCN2)CC1. The number of nitrogens with one attached hydrogen (secondary N) is 1. The highest BCUT2D eigenvalue weighted by Gasteiger charge is 2.30. The number of carbonyl (C=O) groups excluding carboxylic acids is 2. The van der Waals surface area contributed by atoms with Crippen molar-refractivity contribution in [3.63, 3.8) is 0 Å². The van der Waals surface area contributed by atoms with Gasteiger partial charge in [0.15, 0.2) is 0 Å². The number of nitrogens with zero attached hydrogens (tertiary/aromatic N) is 3. The molecule has 120 valence electrons. The minimum absolute atomic E-state index is 0.00271. The predicted octanol–water partition coefficient (Wildman–Crippen LogP) is -0.249. The fourth-order valence-corrected chi connectivity index (χ4v) is 3.03. The number of piperazine rings is 1. The van der Waals surface area contributed by atoms with Crippen LogP contribution in [0.15, 0.2) is 0 Å². The van der Waals surface area contributed by atoms with Crippen LogP contribution in [0.1, 0.15) is 26.7 Å². The molecule has 1 N–H and O–H groups in total. The van der Waals surface area contributed by atoms with Crippen molar-refractivity contribution in [2.45, 2.75) is 32.7 Å². The summed E-state index contributed by atoms with van der Waals surface area (Å²) in [6.45, 7) is 10.0. The lowest BCUT2D eigenvalue weighted by molar-refractivity contribution is -0.141. The van der Waals surface area contributed by atoms with Crippen molar-refractivity contribution in [1.82, 2.24) is 20.0 Å². The summed E-state index contributed by atoms with van der Waals surface area (Å²) in [5.74, 6) is 0.396. The first kappa shape index (κ1) is 16.2. The van der Waals surface area contributed by atoms with E-state index in [0.717, 1.165) is 32.5 Å². The number of rotatable bonds is 5. The van der Waals surface area contributed by atoms with Crippen LogP contribution in [0.25, 0.3) is 0 Å². The smallest absolute Gasteiger partial charge is 0.239 e. The van der Waals surface area contributed by atoms with Crippen LogP contribution in [0.5, 0.6) is 0 Å². The lowest BCUT2D eigenvalue weighted by Gasteiger charge is -2.36. The Bertz CT molecular complexity index is 357. The van der Waals surface area contributed by atoms with Gasteiger partial charge in [-0.05, 0) is 32.5 Å². The Labute approximate surface area is 127 Å². The normalized spacial score (nSPS) is 22.9. The highest BCUT2D eigenvalue weighted by atomic mass is 16.2. The zero-order chi connectivity index (χ0) is 15.2. The van der Waals surface area contributed by atoms with Gasteiger partial charge in [-0.2, -0.15) is 0 Å². The van der Waals surface area contributed by atoms with Crippen LogP contribution in [0.4, 0.5) is 0 Å². The molecule has 0 aromatic carbocycles. The number of carbonyl (C=O) groups is 2. The lowest BCUT2D eigenvalue weighted by Crippen LogP contribution is -2.55. The quantitative estimate of drug-likeness (QED) is 0.760. The van der Waals surface area contributed by atoms with E-state index in [9.17, 15) is 9.59 Å². The van der Waals surface area contributed by atoms with Gasteiger partial charge in [-0.3, -0.25) is 14.5 Å². The standard InChI is InChI=1S/C15H28N4O2/c1-3-17(4-2)12-14(20)18-8-10-19(11-9-18)15(21)13-6-5-7-16-13/h13,16H,3-12H2,1-2H3. The molecule has 2 saturated heterocycles. The first-order valence-corrected chi connectivity index (χ1v) is 8.18. The van der Waals surface area contributed by atoms with Crippen LogP contribution < -0.4 is 5.32 Å². The van der Waals surface area contributed by atoms with Crippen molar-refractivity contribution >= 4 is 11.8 Å². The van der Waals surface area contributed by atoms with Crippen molar-refractivity contribution < 1.29 is 9.59 Å². The maximum absolute atomic E-state index is 12.3. The number of hydrogen-bond donors (Lipinski definition) is 1. The molecule has 2 heterocycles. The zero-order valence-electron chi connectivity index (χ0n) is 13.3. The van der Waals surface area contributed by atoms with E-state index in [4.69, 9.17) is 0 Å². The molecular weight excluding hydrogens is 268 g/mol. The molecule has 21 heavy (non-hydrogen) atoms. The Balaban J connectivity index is 1.77. The van der Waals surface area contributed by atoms with Gasteiger partial charge >= 0.3 is 0 Å². The molecule has 6 nitrogen and oxygen atoms in total. The summed E-state index contributed by atoms with van der Waals surface area (Å²) in [7, 11) is 0. The van der Waals surface area contributed by atoms with Gasteiger partial charge in [0.1, 0.15) is 0 Å². The van der Waals surface area contributed by atoms with E-state index in [2.05, 4.69) is 24.1 Å². The molecule has 0 saturated carbocycles. The Kier molecular flexibility index (Phi) is 5.99. The van der Waals surface area contributed by atoms with Gasteiger partial charge in [-0.25, -0.2) is 0 Å². The van der Waals surface area contributed by atoms with Gasteiger partial charge in [-0.15, -0.1) is 0 Å². The third-order valence-corrected chi connectivity index (χ3v) is 4.56. The molecule has 0 spiro atoms. The molecule has 6 heteroatoms. The van der Waals surface area contributed by atoms with Crippen LogP contribution in [0.2, 0.25) is 0 Å². The third-order valence-electron chi connectivity index (χ3n) is 4.56. The second-order valence-electron chi connectivity index (χ2n) is 5.82. The molecule has 0 aromatic heterocycles. The molecule has 2 rings (SSSR count). The zero-order valence-corrected chi connectivity index (χ0v) is 13.3. The third kappa shape index (κ3) is 4.17. The Morgan fingerprint density at radius 3 is 2.24 bits per heavy atom. The van der Waals surface area contributed by atoms with E-state index >= 15 is 0 Å². The van der Waals surface area contributed by atoms with Gasteiger partial charge in [0, 0.05) is 26.2 Å². The average Bonchev–Trinajstić information content (AvgIpc) is 3.06. The summed E-state index contributed by atoms with van der Waals surface area (Å²) >= 11 is 0. The molecule has 2 fully saturated rings. The van der Waals surface area contributed by atoms with Gasteiger partial charge in [0.05, 0.1) is 12.6 Å². The summed E-state index contributed by atoms with van der Waals surface area (Å²) in [6, 6.07) is 0.00271. The molecular formula is C15H28N4O2. The molecule has 2 aliphatic heterocycles. The average molecular weight is 296 g/mol. The summed E-state index contributed by atoms with van der Waals surface area (Å²) in [4.78, 5) is 30.5.